The van der Waals surface area contributed by atoms with Gasteiger partial charge in [-0.05, 0) is 19.4 Å². The van der Waals surface area contributed by atoms with Gasteiger partial charge >= 0.3 is 6.09 Å². The second-order valence-electron chi connectivity index (χ2n) is 4.52. The largest absolute Gasteiger partial charge is 0.445 e. The fraction of sp³-hybridized carbons (Fsp3) is 0.429. The molecule has 0 saturated heterocycles. The molecule has 0 fully saturated rings. The summed E-state index contributed by atoms with van der Waals surface area (Å²) in [6, 6.07) is 8.17. The maximum absolute atomic E-state index is 11.6. The smallest absolute Gasteiger partial charge is 0.408 e. The molecular formula is C14H20N2O4. The van der Waals surface area contributed by atoms with E-state index in [1.165, 1.54) is 0 Å². The minimum absolute atomic E-state index is 0.147. The van der Waals surface area contributed by atoms with Crippen LogP contribution in [0.3, 0.4) is 0 Å². The van der Waals surface area contributed by atoms with Crippen molar-refractivity contribution in [1.82, 2.24) is 10.6 Å². The molecule has 0 bridgehead atoms. The summed E-state index contributed by atoms with van der Waals surface area (Å²) >= 11 is 0. The van der Waals surface area contributed by atoms with Crippen molar-refractivity contribution in [3.8, 4) is 0 Å². The first-order chi connectivity index (χ1) is 9.52. The van der Waals surface area contributed by atoms with E-state index in [0.29, 0.717) is 0 Å². The predicted molar refractivity (Wildman–Crippen MR) is 73.9 cm³/mol. The van der Waals surface area contributed by atoms with E-state index >= 15 is 0 Å². The van der Waals surface area contributed by atoms with Crippen LogP contribution in [-0.4, -0.2) is 35.8 Å². The molecule has 1 aromatic carbocycles. The topological polar surface area (TPSA) is 87.7 Å². The second-order valence-corrected chi connectivity index (χ2v) is 4.52. The Kier molecular flexibility index (Phi) is 6.52. The van der Waals surface area contributed by atoms with Gasteiger partial charge in [-0.15, -0.1) is 0 Å². The molecule has 1 rings (SSSR count). The number of nitrogens with one attached hydrogen (secondary N) is 2. The van der Waals surface area contributed by atoms with Crippen LogP contribution in [-0.2, 0) is 16.1 Å². The molecule has 110 valence electrons. The van der Waals surface area contributed by atoms with Crippen molar-refractivity contribution < 1.29 is 19.4 Å². The van der Waals surface area contributed by atoms with Crippen LogP contribution >= 0.6 is 0 Å². The fourth-order valence-corrected chi connectivity index (χ4v) is 1.42. The number of benzene rings is 1. The normalized spacial score (nSPS) is 13.2. The van der Waals surface area contributed by atoms with Gasteiger partial charge in [0.05, 0.1) is 6.61 Å². The van der Waals surface area contributed by atoms with Gasteiger partial charge in [-0.1, -0.05) is 30.3 Å². The molecule has 0 aliphatic heterocycles. The second kappa shape index (κ2) is 8.16. The molecule has 6 nitrogen and oxygen atoms in total. The zero-order valence-electron chi connectivity index (χ0n) is 11.6. The first-order valence-corrected chi connectivity index (χ1v) is 6.41. The summed E-state index contributed by atoms with van der Waals surface area (Å²) in [4.78, 5) is 23.2. The van der Waals surface area contributed by atoms with E-state index in [2.05, 4.69) is 10.6 Å². The highest BCUT2D eigenvalue weighted by Gasteiger charge is 2.17. The Bertz CT molecular complexity index is 436. The summed E-state index contributed by atoms with van der Waals surface area (Å²) in [7, 11) is 0. The molecule has 0 heterocycles. The lowest BCUT2D eigenvalue weighted by Crippen LogP contribution is -2.48. The number of amides is 2. The third-order valence-electron chi connectivity index (χ3n) is 2.60. The van der Waals surface area contributed by atoms with Gasteiger partial charge in [-0.3, -0.25) is 4.79 Å². The number of aliphatic hydroxyl groups is 1. The minimum Gasteiger partial charge on any atom is -0.445 e. The van der Waals surface area contributed by atoms with Gasteiger partial charge in [0.1, 0.15) is 12.6 Å². The van der Waals surface area contributed by atoms with E-state index < -0.39 is 12.1 Å². The van der Waals surface area contributed by atoms with E-state index in [9.17, 15) is 9.59 Å². The highest BCUT2D eigenvalue weighted by molar-refractivity contribution is 5.85. The lowest BCUT2D eigenvalue weighted by atomic mass is 10.2. The Morgan fingerprint density at radius 3 is 2.45 bits per heavy atom. The van der Waals surface area contributed by atoms with Crippen molar-refractivity contribution in [3.05, 3.63) is 35.9 Å². The van der Waals surface area contributed by atoms with Crippen molar-refractivity contribution >= 4 is 12.0 Å². The highest BCUT2D eigenvalue weighted by Crippen LogP contribution is 2.00. The average molecular weight is 280 g/mol. The van der Waals surface area contributed by atoms with Crippen LogP contribution in [0.15, 0.2) is 30.3 Å². The molecular weight excluding hydrogens is 260 g/mol. The molecule has 1 aromatic rings. The van der Waals surface area contributed by atoms with Crippen molar-refractivity contribution in [3.63, 3.8) is 0 Å². The third kappa shape index (κ3) is 5.71. The molecule has 0 radical (unpaired) electrons. The molecule has 0 aliphatic carbocycles. The van der Waals surface area contributed by atoms with Crippen LogP contribution in [0.4, 0.5) is 4.79 Å². The van der Waals surface area contributed by atoms with Gasteiger partial charge in [-0.2, -0.15) is 0 Å². The molecule has 2 amide bonds. The molecule has 6 heteroatoms. The highest BCUT2D eigenvalue weighted by atomic mass is 16.5. The molecule has 0 spiro atoms. The van der Waals surface area contributed by atoms with E-state index in [0.717, 1.165) is 5.56 Å². The van der Waals surface area contributed by atoms with Crippen molar-refractivity contribution in [2.45, 2.75) is 32.5 Å². The Morgan fingerprint density at radius 2 is 1.85 bits per heavy atom. The number of aliphatic hydroxyl groups excluding tert-OH is 1. The van der Waals surface area contributed by atoms with Crippen molar-refractivity contribution in [2.75, 3.05) is 6.61 Å². The predicted octanol–water partition coefficient (Wildman–Crippen LogP) is 0.798. The SMILES string of the molecule is C[C@H](NC(=O)OCc1ccccc1)C(=O)N[C@@H](C)CO. The first kappa shape index (κ1) is 16.0. The molecule has 0 aromatic heterocycles. The van der Waals surface area contributed by atoms with E-state index in [4.69, 9.17) is 9.84 Å². The maximum Gasteiger partial charge on any atom is 0.408 e. The number of rotatable bonds is 6. The van der Waals surface area contributed by atoms with Crippen LogP contribution in [0.25, 0.3) is 0 Å². The average Bonchev–Trinajstić information content (AvgIpc) is 2.45. The Balaban J connectivity index is 2.32. The zero-order chi connectivity index (χ0) is 15.0. The van der Waals surface area contributed by atoms with E-state index in [1.807, 2.05) is 30.3 Å². The van der Waals surface area contributed by atoms with Gasteiger partial charge in [0.15, 0.2) is 0 Å². The lowest BCUT2D eigenvalue weighted by Gasteiger charge is -2.16. The number of ether oxygens (including phenoxy) is 1. The summed E-state index contributed by atoms with van der Waals surface area (Å²) in [5.74, 6) is -0.372. The quantitative estimate of drug-likeness (QED) is 0.719. The number of alkyl carbamates (subject to hydrolysis) is 1. The molecule has 20 heavy (non-hydrogen) atoms. The summed E-state index contributed by atoms with van der Waals surface area (Å²) in [5, 5.41) is 13.8. The molecule has 0 aliphatic rings. The van der Waals surface area contributed by atoms with Crippen LogP contribution in [0.2, 0.25) is 0 Å². The van der Waals surface area contributed by atoms with Gasteiger partial charge in [0.25, 0.3) is 0 Å². The molecule has 0 unspecified atom stereocenters. The first-order valence-electron chi connectivity index (χ1n) is 6.41. The Hall–Kier alpha value is -2.08. The summed E-state index contributed by atoms with van der Waals surface area (Å²) in [5.41, 5.74) is 0.869. The van der Waals surface area contributed by atoms with Crippen LogP contribution in [0, 0.1) is 0 Å². The number of hydrogen-bond acceptors (Lipinski definition) is 4. The summed E-state index contributed by atoms with van der Waals surface area (Å²) in [6.07, 6.45) is -0.659. The number of carbonyl (C=O) groups excluding carboxylic acids is 2. The Labute approximate surface area is 118 Å². The van der Waals surface area contributed by atoms with Crippen molar-refractivity contribution in [2.24, 2.45) is 0 Å². The minimum atomic E-state index is -0.729. The summed E-state index contributed by atoms with van der Waals surface area (Å²) in [6.45, 7) is 3.20. The number of carbonyl (C=O) groups is 2. The molecule has 3 N–H and O–H groups in total. The number of hydrogen-bond donors (Lipinski definition) is 3. The van der Waals surface area contributed by atoms with E-state index in [-0.39, 0.29) is 25.2 Å². The van der Waals surface area contributed by atoms with Crippen LogP contribution < -0.4 is 10.6 Å². The Morgan fingerprint density at radius 1 is 1.20 bits per heavy atom. The third-order valence-corrected chi connectivity index (χ3v) is 2.60. The van der Waals surface area contributed by atoms with Gasteiger partial charge in [0.2, 0.25) is 5.91 Å². The molecule has 2 atom stereocenters. The lowest BCUT2D eigenvalue weighted by molar-refractivity contribution is -0.123. The van der Waals surface area contributed by atoms with Gasteiger partial charge in [-0.25, -0.2) is 4.79 Å². The van der Waals surface area contributed by atoms with Gasteiger partial charge in [0, 0.05) is 6.04 Å². The van der Waals surface area contributed by atoms with Crippen LogP contribution in [0.1, 0.15) is 19.4 Å². The van der Waals surface area contributed by atoms with E-state index in [1.54, 1.807) is 13.8 Å². The molecule has 0 saturated carbocycles. The fourth-order valence-electron chi connectivity index (χ4n) is 1.42. The van der Waals surface area contributed by atoms with Gasteiger partial charge < -0.3 is 20.5 Å². The maximum atomic E-state index is 11.6. The van der Waals surface area contributed by atoms with Crippen molar-refractivity contribution in [1.29, 1.82) is 0 Å². The standard InChI is InChI=1S/C14H20N2O4/c1-10(8-17)15-13(18)11(2)16-14(19)20-9-12-6-4-3-5-7-12/h3-7,10-11,17H,8-9H2,1-2H3,(H,15,18)(H,16,19)/t10-,11-/m0/s1. The monoisotopic (exact) mass is 280 g/mol. The van der Waals surface area contributed by atoms with Crippen LogP contribution in [0.5, 0.6) is 0 Å². The summed E-state index contributed by atoms with van der Waals surface area (Å²) < 4.78 is 5.00. The zero-order valence-corrected chi connectivity index (χ0v) is 11.6.